The first-order valence-electron chi connectivity index (χ1n) is 9.88. The molecule has 0 spiro atoms. The van der Waals surface area contributed by atoms with Gasteiger partial charge in [-0.2, -0.15) is 0 Å². The number of hydrogen-bond donors (Lipinski definition) is 2. The summed E-state index contributed by atoms with van der Waals surface area (Å²) in [7, 11) is 0. The second-order valence-electron chi connectivity index (χ2n) is 7.54. The Kier molecular flexibility index (Phi) is 5.07. The number of fused-ring (bicyclic) bond motifs is 2. The summed E-state index contributed by atoms with van der Waals surface area (Å²) in [6.45, 7) is 8.06. The van der Waals surface area contributed by atoms with Gasteiger partial charge in [0.2, 0.25) is 0 Å². The van der Waals surface area contributed by atoms with Crippen LogP contribution in [0.15, 0.2) is 18.2 Å². The Balaban J connectivity index is 1.65. The van der Waals surface area contributed by atoms with E-state index in [0.717, 1.165) is 41.3 Å². The van der Waals surface area contributed by atoms with Crippen LogP contribution in [-0.2, 0) is 6.42 Å². The Morgan fingerprint density at radius 2 is 1.89 bits per heavy atom. The van der Waals surface area contributed by atoms with E-state index in [0.29, 0.717) is 31.3 Å². The van der Waals surface area contributed by atoms with E-state index < -0.39 is 0 Å². The molecule has 148 valence electrons. The first-order valence-corrected chi connectivity index (χ1v) is 9.88. The molecule has 1 aromatic carbocycles. The molecule has 0 saturated carbocycles. The number of ether oxygens (including phenoxy) is 2. The highest BCUT2D eigenvalue weighted by atomic mass is 16.5. The second-order valence-corrected chi connectivity index (χ2v) is 7.54. The quantitative estimate of drug-likeness (QED) is 0.845. The van der Waals surface area contributed by atoms with Crippen molar-refractivity contribution in [1.29, 1.82) is 0 Å². The molecule has 0 fully saturated rings. The van der Waals surface area contributed by atoms with Gasteiger partial charge in [-0.1, -0.05) is 19.9 Å². The van der Waals surface area contributed by atoms with Crippen LogP contribution in [0.3, 0.4) is 0 Å². The van der Waals surface area contributed by atoms with Gasteiger partial charge in [0.05, 0.1) is 19.3 Å². The van der Waals surface area contributed by atoms with Crippen LogP contribution in [0.2, 0.25) is 0 Å². The van der Waals surface area contributed by atoms with Crippen molar-refractivity contribution in [1.82, 2.24) is 15.3 Å². The third-order valence-electron chi connectivity index (χ3n) is 5.04. The van der Waals surface area contributed by atoms with Crippen LogP contribution in [0.4, 0.5) is 5.82 Å². The highest BCUT2D eigenvalue weighted by molar-refractivity contribution is 5.96. The normalized spacial score (nSPS) is 16.8. The van der Waals surface area contributed by atoms with Crippen LogP contribution < -0.4 is 20.1 Å². The fourth-order valence-electron chi connectivity index (χ4n) is 3.43. The summed E-state index contributed by atoms with van der Waals surface area (Å²) in [5.41, 5.74) is 2.44. The van der Waals surface area contributed by atoms with E-state index in [4.69, 9.17) is 14.5 Å². The summed E-state index contributed by atoms with van der Waals surface area (Å²) < 4.78 is 11.5. The molecule has 7 nitrogen and oxygen atoms in total. The van der Waals surface area contributed by atoms with E-state index in [1.165, 1.54) is 0 Å². The van der Waals surface area contributed by atoms with Gasteiger partial charge in [0, 0.05) is 24.4 Å². The van der Waals surface area contributed by atoms with E-state index in [2.05, 4.69) is 22.5 Å². The van der Waals surface area contributed by atoms with Crippen molar-refractivity contribution < 1.29 is 14.3 Å². The van der Waals surface area contributed by atoms with E-state index in [1.54, 1.807) is 0 Å². The lowest BCUT2D eigenvalue weighted by atomic mass is 10.0. The summed E-state index contributed by atoms with van der Waals surface area (Å²) >= 11 is 0. The molecule has 1 amide bonds. The average molecular weight is 382 g/mol. The lowest BCUT2D eigenvalue weighted by molar-refractivity contribution is 0.0940. The number of carbonyl (C=O) groups is 1. The van der Waals surface area contributed by atoms with Crippen molar-refractivity contribution in [3.05, 3.63) is 40.8 Å². The molecular formula is C21H26N4O3. The van der Waals surface area contributed by atoms with Crippen molar-refractivity contribution in [3.8, 4) is 11.5 Å². The predicted octanol–water partition coefficient (Wildman–Crippen LogP) is 3.22. The third-order valence-corrected chi connectivity index (χ3v) is 5.04. The molecule has 2 aliphatic rings. The molecule has 0 radical (unpaired) electrons. The molecule has 7 heteroatoms. The standard InChI is InChI=1S/C21H26N4O3/c1-12(2)19-24-18-15(7-8-22-21(18)26)20(25-19)23-13(3)14-5-6-16-17(11-14)28-10-4-9-27-16/h5-6,11-13H,4,7-10H2,1-3H3,(H,22,26)(H,23,24,25). The molecule has 2 aliphatic heterocycles. The number of hydrogen-bond acceptors (Lipinski definition) is 6. The topological polar surface area (TPSA) is 85.4 Å². The molecular weight excluding hydrogens is 356 g/mol. The summed E-state index contributed by atoms with van der Waals surface area (Å²) in [6, 6.07) is 5.99. The molecule has 28 heavy (non-hydrogen) atoms. The molecule has 1 atom stereocenters. The molecule has 0 aliphatic carbocycles. The Labute approximate surface area is 164 Å². The summed E-state index contributed by atoms with van der Waals surface area (Å²) in [5, 5.41) is 6.37. The Morgan fingerprint density at radius 3 is 2.68 bits per heavy atom. The number of nitrogens with zero attached hydrogens (tertiary/aromatic N) is 2. The van der Waals surface area contributed by atoms with Crippen LogP contribution in [0, 0.1) is 0 Å². The van der Waals surface area contributed by atoms with Gasteiger partial charge in [0.15, 0.2) is 11.5 Å². The van der Waals surface area contributed by atoms with Crippen LogP contribution in [0.1, 0.15) is 66.6 Å². The molecule has 0 saturated heterocycles. The van der Waals surface area contributed by atoms with Gasteiger partial charge in [0.25, 0.3) is 5.91 Å². The minimum atomic E-state index is -0.128. The number of nitrogens with one attached hydrogen (secondary N) is 2. The summed E-state index contributed by atoms with van der Waals surface area (Å²) in [4.78, 5) is 21.5. The fraction of sp³-hybridized carbons (Fsp3) is 0.476. The van der Waals surface area contributed by atoms with Crippen LogP contribution in [-0.4, -0.2) is 35.6 Å². The highest BCUT2D eigenvalue weighted by Crippen LogP contribution is 2.34. The van der Waals surface area contributed by atoms with Crippen LogP contribution >= 0.6 is 0 Å². The van der Waals surface area contributed by atoms with Gasteiger partial charge in [-0.25, -0.2) is 9.97 Å². The molecule has 2 N–H and O–H groups in total. The molecule has 0 bridgehead atoms. The van der Waals surface area contributed by atoms with Gasteiger partial charge < -0.3 is 20.1 Å². The maximum Gasteiger partial charge on any atom is 0.270 e. The van der Waals surface area contributed by atoms with Gasteiger partial charge >= 0.3 is 0 Å². The number of aromatic nitrogens is 2. The van der Waals surface area contributed by atoms with Crippen LogP contribution in [0.25, 0.3) is 0 Å². The average Bonchev–Trinajstić information content (AvgIpc) is 2.93. The zero-order chi connectivity index (χ0) is 19.7. The first kappa shape index (κ1) is 18.5. The molecule has 4 rings (SSSR count). The lowest BCUT2D eigenvalue weighted by Gasteiger charge is -2.23. The zero-order valence-corrected chi connectivity index (χ0v) is 16.5. The van der Waals surface area contributed by atoms with E-state index in [1.807, 2.05) is 32.0 Å². The number of rotatable bonds is 4. The zero-order valence-electron chi connectivity index (χ0n) is 16.5. The Bertz CT molecular complexity index is 897. The fourth-order valence-corrected chi connectivity index (χ4v) is 3.43. The minimum absolute atomic E-state index is 0.0128. The van der Waals surface area contributed by atoms with E-state index in [9.17, 15) is 4.79 Å². The van der Waals surface area contributed by atoms with E-state index >= 15 is 0 Å². The van der Waals surface area contributed by atoms with Crippen molar-refractivity contribution in [2.75, 3.05) is 25.1 Å². The van der Waals surface area contributed by atoms with Crippen LogP contribution in [0.5, 0.6) is 11.5 Å². The number of amides is 1. The second kappa shape index (κ2) is 7.66. The Hall–Kier alpha value is -2.83. The van der Waals surface area contributed by atoms with Gasteiger partial charge in [0.1, 0.15) is 17.3 Å². The molecule has 1 aromatic heterocycles. The smallest absolute Gasteiger partial charge is 0.270 e. The maximum atomic E-state index is 12.3. The lowest BCUT2D eigenvalue weighted by Crippen LogP contribution is -2.34. The van der Waals surface area contributed by atoms with Crippen molar-refractivity contribution in [3.63, 3.8) is 0 Å². The summed E-state index contributed by atoms with van der Waals surface area (Å²) in [6.07, 6.45) is 1.60. The minimum Gasteiger partial charge on any atom is -0.490 e. The largest absolute Gasteiger partial charge is 0.490 e. The monoisotopic (exact) mass is 382 g/mol. The van der Waals surface area contributed by atoms with Gasteiger partial charge in [-0.15, -0.1) is 0 Å². The third kappa shape index (κ3) is 3.61. The van der Waals surface area contributed by atoms with Crippen molar-refractivity contribution in [2.45, 2.75) is 45.6 Å². The van der Waals surface area contributed by atoms with E-state index in [-0.39, 0.29) is 17.9 Å². The Morgan fingerprint density at radius 1 is 1.11 bits per heavy atom. The molecule has 2 aromatic rings. The van der Waals surface area contributed by atoms with Crippen molar-refractivity contribution in [2.24, 2.45) is 0 Å². The maximum absolute atomic E-state index is 12.3. The SMILES string of the molecule is CC(C)c1nc(NC(C)c2ccc3c(c2)OCCCO3)c2c(n1)C(=O)NCC2. The number of benzene rings is 1. The molecule has 1 unspecified atom stereocenters. The summed E-state index contributed by atoms with van der Waals surface area (Å²) in [5.74, 6) is 2.97. The number of carbonyl (C=O) groups excluding carboxylic acids is 1. The molecule has 3 heterocycles. The van der Waals surface area contributed by atoms with Gasteiger partial charge in [-0.3, -0.25) is 4.79 Å². The first-order chi connectivity index (χ1) is 13.5. The van der Waals surface area contributed by atoms with Gasteiger partial charge in [-0.05, 0) is 31.0 Å². The highest BCUT2D eigenvalue weighted by Gasteiger charge is 2.25. The number of anilines is 1. The van der Waals surface area contributed by atoms with Crippen molar-refractivity contribution >= 4 is 11.7 Å². The predicted molar refractivity (Wildman–Crippen MR) is 106 cm³/mol.